The molecule has 0 radical (unpaired) electrons. The summed E-state index contributed by atoms with van der Waals surface area (Å²) in [6.07, 6.45) is -1.27. The Labute approximate surface area is 106 Å². The maximum absolute atomic E-state index is 11.5. The fourth-order valence-corrected chi connectivity index (χ4v) is 1.84. The van der Waals surface area contributed by atoms with Crippen LogP contribution in [0.5, 0.6) is 0 Å². The number of aliphatic hydroxyl groups is 1. The van der Waals surface area contributed by atoms with Gasteiger partial charge >= 0.3 is 5.97 Å². The summed E-state index contributed by atoms with van der Waals surface area (Å²) in [5, 5.41) is 10.4. The van der Waals surface area contributed by atoms with Gasteiger partial charge in [-0.3, -0.25) is 0 Å². The molecule has 1 aromatic carbocycles. The molecule has 0 aliphatic carbocycles. The molecule has 0 spiro atoms. The van der Waals surface area contributed by atoms with Gasteiger partial charge in [-0.25, -0.2) is 4.79 Å². The summed E-state index contributed by atoms with van der Waals surface area (Å²) >= 11 is 5.88. The van der Waals surface area contributed by atoms with Gasteiger partial charge in [-0.05, 0) is 36.1 Å². The fraction of sp³-hybridized carbons (Fsp3) is 0.462. The number of ether oxygens (including phenoxy) is 1. The molecule has 1 N–H and O–H groups in total. The van der Waals surface area contributed by atoms with Crippen LogP contribution in [0.2, 0.25) is 5.02 Å². The first-order chi connectivity index (χ1) is 7.97. The summed E-state index contributed by atoms with van der Waals surface area (Å²) in [4.78, 5) is 11.5. The normalized spacial score (nSPS) is 12.6. The molecule has 0 bridgehead atoms. The van der Waals surface area contributed by atoms with E-state index in [9.17, 15) is 9.90 Å². The number of aliphatic hydroxyl groups excluding tert-OH is 1. The highest BCUT2D eigenvalue weighted by Gasteiger charge is 2.22. The molecule has 1 unspecified atom stereocenters. The van der Waals surface area contributed by atoms with Gasteiger partial charge in [0.1, 0.15) is 0 Å². The molecular weight excluding hydrogens is 240 g/mol. The third kappa shape index (κ3) is 3.45. The van der Waals surface area contributed by atoms with Gasteiger partial charge in [0.25, 0.3) is 0 Å². The van der Waals surface area contributed by atoms with Crippen LogP contribution in [0.25, 0.3) is 0 Å². The topological polar surface area (TPSA) is 46.5 Å². The number of rotatable bonds is 4. The van der Waals surface area contributed by atoms with E-state index in [1.165, 1.54) is 0 Å². The van der Waals surface area contributed by atoms with Crippen LogP contribution in [0.3, 0.4) is 0 Å². The molecule has 0 fully saturated rings. The first-order valence-corrected chi connectivity index (χ1v) is 5.99. The molecule has 3 nitrogen and oxygen atoms in total. The largest absolute Gasteiger partial charge is 0.464 e. The van der Waals surface area contributed by atoms with E-state index in [0.717, 1.165) is 5.56 Å². The van der Waals surface area contributed by atoms with Crippen molar-refractivity contribution in [3.8, 4) is 0 Å². The number of benzene rings is 1. The van der Waals surface area contributed by atoms with Crippen molar-refractivity contribution in [1.82, 2.24) is 0 Å². The highest BCUT2D eigenvalue weighted by molar-refractivity contribution is 6.30. The molecule has 1 atom stereocenters. The smallest absolute Gasteiger partial charge is 0.339 e. The summed E-state index contributed by atoms with van der Waals surface area (Å²) in [6.45, 7) is 5.93. The third-order valence-corrected chi connectivity index (χ3v) is 2.71. The van der Waals surface area contributed by atoms with Gasteiger partial charge in [-0.2, -0.15) is 0 Å². The lowest BCUT2D eigenvalue weighted by atomic mass is 9.94. The second-order valence-corrected chi connectivity index (χ2v) is 4.52. The van der Waals surface area contributed by atoms with Crippen LogP contribution in [-0.2, 0) is 9.53 Å². The van der Waals surface area contributed by atoms with Gasteiger partial charge in [-0.15, -0.1) is 0 Å². The van der Waals surface area contributed by atoms with Crippen molar-refractivity contribution in [3.05, 3.63) is 34.3 Å². The van der Waals surface area contributed by atoms with Gasteiger partial charge in [0.2, 0.25) is 0 Å². The Morgan fingerprint density at radius 2 is 2.06 bits per heavy atom. The van der Waals surface area contributed by atoms with E-state index in [-0.39, 0.29) is 12.5 Å². The Morgan fingerprint density at radius 1 is 1.41 bits per heavy atom. The van der Waals surface area contributed by atoms with Crippen molar-refractivity contribution >= 4 is 17.6 Å². The van der Waals surface area contributed by atoms with Crippen LogP contribution in [0.4, 0.5) is 0 Å². The van der Waals surface area contributed by atoms with E-state index in [2.05, 4.69) is 0 Å². The number of hydrogen-bond donors (Lipinski definition) is 1. The van der Waals surface area contributed by atoms with Crippen LogP contribution < -0.4 is 0 Å². The highest BCUT2D eigenvalue weighted by atomic mass is 35.5. The van der Waals surface area contributed by atoms with Crippen molar-refractivity contribution in [1.29, 1.82) is 0 Å². The minimum Gasteiger partial charge on any atom is -0.464 e. The SMILES string of the molecule is CCOC(=O)C(O)c1cc(Cl)ccc1C(C)C. The summed E-state index contributed by atoms with van der Waals surface area (Å²) < 4.78 is 4.80. The van der Waals surface area contributed by atoms with Gasteiger partial charge in [0.05, 0.1) is 6.61 Å². The second-order valence-electron chi connectivity index (χ2n) is 4.08. The Hall–Kier alpha value is -1.06. The average molecular weight is 257 g/mol. The highest BCUT2D eigenvalue weighted by Crippen LogP contribution is 2.28. The number of halogens is 1. The van der Waals surface area contributed by atoms with Crippen LogP contribution in [0.15, 0.2) is 18.2 Å². The maximum Gasteiger partial charge on any atom is 0.339 e. The molecule has 0 amide bonds. The lowest BCUT2D eigenvalue weighted by Crippen LogP contribution is -2.17. The van der Waals surface area contributed by atoms with Gasteiger partial charge in [-0.1, -0.05) is 31.5 Å². The average Bonchev–Trinajstić information content (AvgIpc) is 2.27. The molecule has 17 heavy (non-hydrogen) atoms. The lowest BCUT2D eigenvalue weighted by molar-refractivity contribution is -0.153. The first-order valence-electron chi connectivity index (χ1n) is 5.61. The minimum atomic E-state index is -1.27. The van der Waals surface area contributed by atoms with Crippen LogP contribution in [0.1, 0.15) is 43.9 Å². The van der Waals surface area contributed by atoms with E-state index < -0.39 is 12.1 Å². The monoisotopic (exact) mass is 256 g/mol. The molecule has 0 heterocycles. The van der Waals surface area contributed by atoms with Crippen LogP contribution in [-0.4, -0.2) is 17.7 Å². The Balaban J connectivity index is 3.10. The van der Waals surface area contributed by atoms with Crippen molar-refractivity contribution in [2.75, 3.05) is 6.61 Å². The first kappa shape index (κ1) is 14.0. The molecule has 0 aromatic heterocycles. The maximum atomic E-state index is 11.5. The van der Waals surface area contributed by atoms with E-state index in [0.29, 0.717) is 10.6 Å². The molecular formula is C13H17ClO3. The van der Waals surface area contributed by atoms with Crippen molar-refractivity contribution < 1.29 is 14.6 Å². The molecule has 4 heteroatoms. The molecule has 94 valence electrons. The van der Waals surface area contributed by atoms with Gasteiger partial charge in [0.15, 0.2) is 6.10 Å². The molecule has 0 saturated carbocycles. The van der Waals surface area contributed by atoms with E-state index in [1.807, 2.05) is 19.9 Å². The quantitative estimate of drug-likeness (QED) is 0.843. The number of carbonyl (C=O) groups excluding carboxylic acids is 1. The van der Waals surface area contributed by atoms with Crippen molar-refractivity contribution in [2.45, 2.75) is 32.8 Å². The third-order valence-electron chi connectivity index (χ3n) is 2.48. The Kier molecular flexibility index (Phi) is 4.97. The zero-order valence-corrected chi connectivity index (χ0v) is 11.0. The summed E-state index contributed by atoms with van der Waals surface area (Å²) in [5.74, 6) is -0.442. The summed E-state index contributed by atoms with van der Waals surface area (Å²) in [5.41, 5.74) is 1.42. The fourth-order valence-electron chi connectivity index (χ4n) is 1.66. The zero-order valence-electron chi connectivity index (χ0n) is 10.2. The molecule has 1 aromatic rings. The number of hydrogen-bond acceptors (Lipinski definition) is 3. The number of carbonyl (C=O) groups is 1. The predicted molar refractivity (Wildman–Crippen MR) is 67.1 cm³/mol. The molecule has 1 rings (SSSR count). The van der Waals surface area contributed by atoms with E-state index in [1.54, 1.807) is 19.1 Å². The van der Waals surface area contributed by atoms with Gasteiger partial charge < -0.3 is 9.84 Å². The zero-order chi connectivity index (χ0) is 13.0. The standard InChI is InChI=1S/C13H17ClO3/c1-4-17-13(16)12(15)11-7-9(14)5-6-10(11)8(2)3/h5-8,12,15H,4H2,1-3H3. The molecule has 0 aliphatic rings. The minimum absolute atomic E-state index is 0.200. The van der Waals surface area contributed by atoms with E-state index >= 15 is 0 Å². The van der Waals surface area contributed by atoms with Gasteiger partial charge in [0, 0.05) is 5.02 Å². The summed E-state index contributed by atoms with van der Waals surface area (Å²) in [6, 6.07) is 5.18. The van der Waals surface area contributed by atoms with Crippen molar-refractivity contribution in [2.24, 2.45) is 0 Å². The number of esters is 1. The Morgan fingerprint density at radius 3 is 2.59 bits per heavy atom. The van der Waals surface area contributed by atoms with Crippen LogP contribution in [0, 0.1) is 0 Å². The predicted octanol–water partition coefficient (Wildman–Crippen LogP) is 3.06. The Bertz CT molecular complexity index is 402. The van der Waals surface area contributed by atoms with Crippen molar-refractivity contribution in [3.63, 3.8) is 0 Å². The molecule has 0 aliphatic heterocycles. The lowest BCUT2D eigenvalue weighted by Gasteiger charge is -2.17. The summed E-state index contributed by atoms with van der Waals surface area (Å²) in [7, 11) is 0. The van der Waals surface area contributed by atoms with E-state index in [4.69, 9.17) is 16.3 Å². The molecule has 0 saturated heterocycles. The second kappa shape index (κ2) is 6.03. The van der Waals surface area contributed by atoms with Crippen LogP contribution >= 0.6 is 11.6 Å².